The molecule has 0 atom stereocenters. The Morgan fingerprint density at radius 1 is 1.15 bits per heavy atom. The maximum absolute atomic E-state index is 5.38. The summed E-state index contributed by atoms with van der Waals surface area (Å²) in [5.74, 6) is -0.354. The SMILES string of the molecule is CC.COC1(OCN)CCCCC1. The van der Waals surface area contributed by atoms with Gasteiger partial charge in [0.1, 0.15) is 0 Å². The Balaban J connectivity index is 0.000000671. The molecule has 1 aliphatic carbocycles. The Hall–Kier alpha value is -0.120. The third-order valence-corrected chi connectivity index (χ3v) is 2.33. The summed E-state index contributed by atoms with van der Waals surface area (Å²) in [5.41, 5.74) is 5.32. The standard InChI is InChI=1S/C8H17NO2.C2H6/c1-10-8(11-7-9)5-3-2-4-6-8;1-2/h2-7,9H2,1H3;1-2H3. The fourth-order valence-electron chi connectivity index (χ4n) is 1.65. The number of hydrogen-bond donors (Lipinski definition) is 1. The van der Waals surface area contributed by atoms with E-state index in [2.05, 4.69) is 0 Å². The third-order valence-electron chi connectivity index (χ3n) is 2.33. The molecule has 3 heteroatoms. The van der Waals surface area contributed by atoms with Crippen LogP contribution in [-0.4, -0.2) is 19.6 Å². The number of rotatable bonds is 3. The summed E-state index contributed by atoms with van der Waals surface area (Å²) < 4.78 is 10.7. The molecule has 0 aliphatic heterocycles. The predicted molar refractivity (Wildman–Crippen MR) is 54.3 cm³/mol. The van der Waals surface area contributed by atoms with Crippen LogP contribution in [0.3, 0.4) is 0 Å². The second-order valence-electron chi connectivity index (χ2n) is 2.99. The maximum Gasteiger partial charge on any atom is 0.169 e. The Morgan fingerprint density at radius 3 is 2.08 bits per heavy atom. The molecule has 2 N–H and O–H groups in total. The van der Waals surface area contributed by atoms with Crippen LogP contribution in [0.25, 0.3) is 0 Å². The Morgan fingerprint density at radius 2 is 1.69 bits per heavy atom. The van der Waals surface area contributed by atoms with Crippen molar-refractivity contribution in [3.05, 3.63) is 0 Å². The lowest BCUT2D eigenvalue weighted by molar-refractivity contribution is -0.237. The molecule has 3 nitrogen and oxygen atoms in total. The number of methoxy groups -OCH3 is 1. The summed E-state index contributed by atoms with van der Waals surface area (Å²) >= 11 is 0. The summed E-state index contributed by atoms with van der Waals surface area (Å²) in [4.78, 5) is 0. The monoisotopic (exact) mass is 189 g/mol. The van der Waals surface area contributed by atoms with Crippen molar-refractivity contribution in [2.24, 2.45) is 5.73 Å². The third kappa shape index (κ3) is 4.07. The van der Waals surface area contributed by atoms with Gasteiger partial charge in [0.15, 0.2) is 5.79 Å². The summed E-state index contributed by atoms with van der Waals surface area (Å²) in [6, 6.07) is 0. The van der Waals surface area contributed by atoms with Gasteiger partial charge in [0.2, 0.25) is 0 Å². The molecule has 0 amide bonds. The molecule has 0 unspecified atom stereocenters. The molecule has 0 aromatic carbocycles. The molecule has 1 rings (SSSR count). The largest absolute Gasteiger partial charge is 0.353 e. The van der Waals surface area contributed by atoms with Gasteiger partial charge in [-0.2, -0.15) is 0 Å². The summed E-state index contributed by atoms with van der Waals surface area (Å²) in [7, 11) is 1.70. The first-order valence-corrected chi connectivity index (χ1v) is 5.22. The highest BCUT2D eigenvalue weighted by Crippen LogP contribution is 2.31. The summed E-state index contributed by atoms with van der Waals surface area (Å²) in [5, 5.41) is 0. The molecule has 0 radical (unpaired) electrons. The molecule has 1 fully saturated rings. The van der Waals surface area contributed by atoms with Gasteiger partial charge < -0.3 is 15.2 Å². The van der Waals surface area contributed by atoms with Crippen LogP contribution >= 0.6 is 0 Å². The van der Waals surface area contributed by atoms with E-state index in [1.165, 1.54) is 19.3 Å². The molecule has 0 aromatic rings. The van der Waals surface area contributed by atoms with Gasteiger partial charge in [-0.15, -0.1) is 0 Å². The van der Waals surface area contributed by atoms with Gasteiger partial charge in [0.05, 0.1) is 6.73 Å². The van der Waals surface area contributed by atoms with E-state index in [1.54, 1.807) is 7.11 Å². The Labute approximate surface area is 81.6 Å². The van der Waals surface area contributed by atoms with Gasteiger partial charge in [0, 0.05) is 20.0 Å². The highest BCUT2D eigenvalue weighted by Gasteiger charge is 2.32. The molecular weight excluding hydrogens is 166 g/mol. The van der Waals surface area contributed by atoms with E-state index in [-0.39, 0.29) is 12.5 Å². The lowest BCUT2D eigenvalue weighted by Gasteiger charge is -2.35. The van der Waals surface area contributed by atoms with Crippen LogP contribution < -0.4 is 5.73 Å². The van der Waals surface area contributed by atoms with Crippen molar-refractivity contribution in [3.8, 4) is 0 Å². The van der Waals surface area contributed by atoms with Gasteiger partial charge in [-0.1, -0.05) is 20.3 Å². The quantitative estimate of drug-likeness (QED) is 0.692. The average Bonchev–Trinajstić information content (AvgIpc) is 2.23. The zero-order chi connectivity index (χ0) is 10.2. The molecule has 0 bridgehead atoms. The zero-order valence-electron chi connectivity index (χ0n) is 9.14. The highest BCUT2D eigenvalue weighted by atomic mass is 16.7. The average molecular weight is 189 g/mol. The van der Waals surface area contributed by atoms with Crippen molar-refractivity contribution >= 4 is 0 Å². The first-order chi connectivity index (χ1) is 6.33. The summed E-state index contributed by atoms with van der Waals surface area (Å²) in [6.07, 6.45) is 5.64. The van der Waals surface area contributed by atoms with Crippen LogP contribution in [0.2, 0.25) is 0 Å². The fourth-order valence-corrected chi connectivity index (χ4v) is 1.65. The smallest absolute Gasteiger partial charge is 0.169 e. The first kappa shape index (κ1) is 12.9. The predicted octanol–water partition coefficient (Wildman–Crippen LogP) is 2.25. The highest BCUT2D eigenvalue weighted by molar-refractivity contribution is 4.74. The number of hydrogen-bond acceptors (Lipinski definition) is 3. The van der Waals surface area contributed by atoms with Crippen LogP contribution in [0, 0.1) is 0 Å². The van der Waals surface area contributed by atoms with Gasteiger partial charge in [0.25, 0.3) is 0 Å². The molecular formula is C10H23NO2. The lowest BCUT2D eigenvalue weighted by Crippen LogP contribution is -2.38. The molecule has 1 saturated carbocycles. The van der Waals surface area contributed by atoms with Crippen LogP contribution in [-0.2, 0) is 9.47 Å². The van der Waals surface area contributed by atoms with E-state index >= 15 is 0 Å². The lowest BCUT2D eigenvalue weighted by atomic mass is 9.94. The van der Waals surface area contributed by atoms with Gasteiger partial charge in [-0.25, -0.2) is 0 Å². The van der Waals surface area contributed by atoms with Crippen LogP contribution in [0.5, 0.6) is 0 Å². The van der Waals surface area contributed by atoms with Crippen molar-refractivity contribution in [1.29, 1.82) is 0 Å². The topological polar surface area (TPSA) is 44.5 Å². The summed E-state index contributed by atoms with van der Waals surface area (Å²) in [6.45, 7) is 4.26. The molecule has 0 spiro atoms. The number of nitrogens with two attached hydrogens (primary N) is 1. The van der Waals surface area contributed by atoms with Crippen LogP contribution in [0.1, 0.15) is 46.0 Å². The molecule has 80 valence electrons. The Bertz CT molecular complexity index is 106. The minimum Gasteiger partial charge on any atom is -0.353 e. The molecule has 13 heavy (non-hydrogen) atoms. The number of ether oxygens (including phenoxy) is 2. The molecule has 0 saturated heterocycles. The maximum atomic E-state index is 5.38. The molecule has 0 aromatic heterocycles. The van der Waals surface area contributed by atoms with Gasteiger partial charge in [-0.3, -0.25) is 0 Å². The van der Waals surface area contributed by atoms with Gasteiger partial charge in [-0.05, 0) is 12.8 Å². The van der Waals surface area contributed by atoms with Gasteiger partial charge >= 0.3 is 0 Å². The van der Waals surface area contributed by atoms with Crippen molar-refractivity contribution in [1.82, 2.24) is 0 Å². The fraction of sp³-hybridized carbons (Fsp3) is 1.00. The molecule has 0 heterocycles. The van der Waals surface area contributed by atoms with E-state index in [4.69, 9.17) is 15.2 Å². The first-order valence-electron chi connectivity index (χ1n) is 5.22. The minimum absolute atomic E-state index is 0.258. The minimum atomic E-state index is -0.354. The van der Waals surface area contributed by atoms with E-state index < -0.39 is 0 Å². The molecule has 1 aliphatic rings. The van der Waals surface area contributed by atoms with Crippen molar-refractivity contribution in [2.75, 3.05) is 13.8 Å². The second-order valence-corrected chi connectivity index (χ2v) is 2.99. The van der Waals surface area contributed by atoms with E-state index in [0.717, 1.165) is 12.8 Å². The normalized spacial score (nSPS) is 20.3. The van der Waals surface area contributed by atoms with Crippen LogP contribution in [0.4, 0.5) is 0 Å². The van der Waals surface area contributed by atoms with Crippen molar-refractivity contribution in [2.45, 2.75) is 51.7 Å². The van der Waals surface area contributed by atoms with E-state index in [0.29, 0.717) is 0 Å². The van der Waals surface area contributed by atoms with Crippen molar-refractivity contribution < 1.29 is 9.47 Å². The van der Waals surface area contributed by atoms with E-state index in [9.17, 15) is 0 Å². The van der Waals surface area contributed by atoms with Crippen LogP contribution in [0.15, 0.2) is 0 Å². The Kier molecular flexibility index (Phi) is 7.23. The van der Waals surface area contributed by atoms with Crippen molar-refractivity contribution in [3.63, 3.8) is 0 Å². The van der Waals surface area contributed by atoms with E-state index in [1.807, 2.05) is 13.8 Å². The zero-order valence-corrected chi connectivity index (χ0v) is 9.14. The second kappa shape index (κ2) is 7.30.